The molecule has 0 amide bonds. The quantitative estimate of drug-likeness (QED) is 0.581. The molecular formula is C20H25BrN4. The number of aryl methyl sites for hydroxylation is 1. The molecule has 0 aromatic heterocycles. The summed E-state index contributed by atoms with van der Waals surface area (Å²) in [5.41, 5.74) is 9.61. The second kappa shape index (κ2) is 8.39. The molecule has 2 aromatic carbocycles. The molecule has 1 heterocycles. The third-order valence-electron chi connectivity index (χ3n) is 4.61. The highest BCUT2D eigenvalue weighted by atomic mass is 79.9. The van der Waals surface area contributed by atoms with Gasteiger partial charge in [0.1, 0.15) is 0 Å². The fourth-order valence-electron chi connectivity index (χ4n) is 3.13. The lowest BCUT2D eigenvalue weighted by Gasteiger charge is -2.18. The van der Waals surface area contributed by atoms with Crippen molar-refractivity contribution < 1.29 is 0 Å². The van der Waals surface area contributed by atoms with Crippen molar-refractivity contribution in [2.24, 2.45) is 16.6 Å². The van der Waals surface area contributed by atoms with E-state index in [1.807, 2.05) is 12.1 Å². The van der Waals surface area contributed by atoms with Crippen LogP contribution in [0, 0.1) is 5.92 Å². The molecule has 1 unspecified atom stereocenters. The van der Waals surface area contributed by atoms with Crippen LogP contribution in [0.3, 0.4) is 0 Å². The van der Waals surface area contributed by atoms with Crippen LogP contribution in [0.4, 0.5) is 11.4 Å². The van der Waals surface area contributed by atoms with Crippen LogP contribution in [0.15, 0.2) is 58.0 Å². The minimum Gasteiger partial charge on any atom is -0.371 e. The first-order valence-electron chi connectivity index (χ1n) is 8.80. The van der Waals surface area contributed by atoms with E-state index in [-0.39, 0.29) is 0 Å². The van der Waals surface area contributed by atoms with E-state index in [9.17, 15) is 0 Å². The van der Waals surface area contributed by atoms with Crippen molar-refractivity contribution in [2.45, 2.75) is 19.8 Å². The Morgan fingerprint density at radius 1 is 1.28 bits per heavy atom. The average molecular weight is 401 g/mol. The van der Waals surface area contributed by atoms with Crippen LogP contribution in [-0.4, -0.2) is 25.6 Å². The Kier molecular flexibility index (Phi) is 5.97. The molecule has 0 aliphatic carbocycles. The van der Waals surface area contributed by atoms with Crippen molar-refractivity contribution in [1.29, 1.82) is 0 Å². The largest absolute Gasteiger partial charge is 0.371 e. The van der Waals surface area contributed by atoms with Gasteiger partial charge in [-0.1, -0.05) is 41.1 Å². The van der Waals surface area contributed by atoms with E-state index >= 15 is 0 Å². The van der Waals surface area contributed by atoms with Crippen molar-refractivity contribution in [3.8, 4) is 0 Å². The van der Waals surface area contributed by atoms with Gasteiger partial charge in [0, 0.05) is 35.5 Å². The average Bonchev–Trinajstić information content (AvgIpc) is 3.10. The zero-order chi connectivity index (χ0) is 17.6. The van der Waals surface area contributed by atoms with E-state index in [0.717, 1.165) is 42.6 Å². The highest BCUT2D eigenvalue weighted by molar-refractivity contribution is 9.10. The topological polar surface area (TPSA) is 53.6 Å². The molecule has 1 aliphatic rings. The van der Waals surface area contributed by atoms with Gasteiger partial charge in [-0.2, -0.15) is 0 Å². The molecule has 5 heteroatoms. The summed E-state index contributed by atoms with van der Waals surface area (Å²) in [6.07, 6.45) is 2.19. The molecule has 132 valence electrons. The first kappa shape index (κ1) is 17.8. The van der Waals surface area contributed by atoms with E-state index in [1.165, 1.54) is 11.3 Å². The fourth-order valence-corrected chi connectivity index (χ4v) is 3.51. The molecule has 0 saturated carbocycles. The van der Waals surface area contributed by atoms with E-state index < -0.39 is 0 Å². The van der Waals surface area contributed by atoms with E-state index in [0.29, 0.717) is 11.9 Å². The maximum Gasteiger partial charge on any atom is 0.193 e. The smallest absolute Gasteiger partial charge is 0.193 e. The summed E-state index contributed by atoms with van der Waals surface area (Å²) in [4.78, 5) is 6.95. The van der Waals surface area contributed by atoms with Crippen molar-refractivity contribution in [3.05, 3.63) is 58.6 Å². The standard InChI is InChI=1S/C20H25BrN4/c1-2-15-6-8-18(9-7-15)24-20(22)23-13-16-10-11-25(14-16)19-5-3-4-17(21)12-19/h3-9,12,16H,2,10-11,13-14H2,1H3,(H3,22,23,24). The summed E-state index contributed by atoms with van der Waals surface area (Å²) in [6.45, 7) is 5.01. The van der Waals surface area contributed by atoms with Gasteiger partial charge >= 0.3 is 0 Å². The second-order valence-corrected chi connectivity index (χ2v) is 7.40. The Bertz CT molecular complexity index is 727. The van der Waals surface area contributed by atoms with Crippen LogP contribution in [0.5, 0.6) is 0 Å². The number of rotatable bonds is 5. The zero-order valence-corrected chi connectivity index (χ0v) is 16.2. The molecule has 0 bridgehead atoms. The molecule has 3 rings (SSSR count). The number of anilines is 2. The van der Waals surface area contributed by atoms with Crippen LogP contribution in [-0.2, 0) is 6.42 Å². The summed E-state index contributed by atoms with van der Waals surface area (Å²) in [7, 11) is 0. The molecule has 1 saturated heterocycles. The van der Waals surface area contributed by atoms with Crippen molar-refractivity contribution in [1.82, 2.24) is 0 Å². The van der Waals surface area contributed by atoms with Crippen LogP contribution < -0.4 is 16.0 Å². The summed E-state index contributed by atoms with van der Waals surface area (Å²) in [5.74, 6) is 1.03. The van der Waals surface area contributed by atoms with Crippen molar-refractivity contribution >= 4 is 33.3 Å². The Morgan fingerprint density at radius 2 is 2.08 bits per heavy atom. The Labute approximate surface area is 158 Å². The van der Waals surface area contributed by atoms with Crippen LogP contribution >= 0.6 is 15.9 Å². The molecule has 1 aliphatic heterocycles. The summed E-state index contributed by atoms with van der Waals surface area (Å²) >= 11 is 3.54. The number of aliphatic imine (C=N–C) groups is 1. The number of halogens is 1. The highest BCUT2D eigenvalue weighted by Gasteiger charge is 2.22. The first-order valence-corrected chi connectivity index (χ1v) is 9.59. The van der Waals surface area contributed by atoms with Gasteiger partial charge in [-0.15, -0.1) is 0 Å². The SMILES string of the molecule is CCc1ccc(NC(N)=NCC2CCN(c3cccc(Br)c3)C2)cc1. The predicted molar refractivity (Wildman–Crippen MR) is 110 cm³/mol. The third kappa shape index (κ3) is 4.98. The summed E-state index contributed by atoms with van der Waals surface area (Å²) < 4.78 is 1.12. The number of nitrogens with zero attached hydrogens (tertiary/aromatic N) is 2. The van der Waals surface area contributed by atoms with Crippen LogP contribution in [0.25, 0.3) is 0 Å². The van der Waals surface area contributed by atoms with E-state index in [2.05, 4.69) is 74.5 Å². The number of nitrogens with one attached hydrogen (secondary N) is 1. The van der Waals surface area contributed by atoms with Gasteiger partial charge in [0.25, 0.3) is 0 Å². The first-order chi connectivity index (χ1) is 12.1. The van der Waals surface area contributed by atoms with Gasteiger partial charge in [-0.05, 0) is 54.7 Å². The normalized spacial score (nSPS) is 17.8. The number of hydrogen-bond donors (Lipinski definition) is 2. The van der Waals surface area contributed by atoms with Crippen molar-refractivity contribution in [3.63, 3.8) is 0 Å². The van der Waals surface area contributed by atoms with Gasteiger partial charge in [0.15, 0.2) is 5.96 Å². The summed E-state index contributed by atoms with van der Waals surface area (Å²) in [5, 5.41) is 3.18. The van der Waals surface area contributed by atoms with Crippen molar-refractivity contribution in [2.75, 3.05) is 29.9 Å². The van der Waals surface area contributed by atoms with Gasteiger partial charge < -0.3 is 16.0 Å². The maximum absolute atomic E-state index is 6.04. The highest BCUT2D eigenvalue weighted by Crippen LogP contribution is 2.26. The lowest BCUT2D eigenvalue weighted by Crippen LogP contribution is -2.25. The summed E-state index contributed by atoms with van der Waals surface area (Å²) in [6, 6.07) is 16.8. The van der Waals surface area contributed by atoms with Gasteiger partial charge in [0.2, 0.25) is 0 Å². The van der Waals surface area contributed by atoms with Gasteiger partial charge in [-0.25, -0.2) is 0 Å². The predicted octanol–water partition coefficient (Wildman–Crippen LogP) is 4.26. The third-order valence-corrected chi connectivity index (χ3v) is 5.11. The molecule has 1 fully saturated rings. The van der Waals surface area contributed by atoms with Gasteiger partial charge in [-0.3, -0.25) is 4.99 Å². The Morgan fingerprint density at radius 3 is 2.80 bits per heavy atom. The number of hydrogen-bond acceptors (Lipinski definition) is 2. The fraction of sp³-hybridized carbons (Fsp3) is 0.350. The molecule has 25 heavy (non-hydrogen) atoms. The minimum atomic E-state index is 0.491. The Balaban J connectivity index is 1.51. The molecule has 3 N–H and O–H groups in total. The van der Waals surface area contributed by atoms with E-state index in [1.54, 1.807) is 0 Å². The molecule has 4 nitrogen and oxygen atoms in total. The second-order valence-electron chi connectivity index (χ2n) is 6.48. The monoisotopic (exact) mass is 400 g/mol. The Hall–Kier alpha value is -2.01. The van der Waals surface area contributed by atoms with Crippen LogP contribution in [0.1, 0.15) is 18.9 Å². The number of nitrogens with two attached hydrogens (primary N) is 1. The van der Waals surface area contributed by atoms with Crippen LogP contribution in [0.2, 0.25) is 0 Å². The van der Waals surface area contributed by atoms with E-state index in [4.69, 9.17) is 5.73 Å². The van der Waals surface area contributed by atoms with Gasteiger partial charge in [0.05, 0.1) is 0 Å². The lowest BCUT2D eigenvalue weighted by molar-refractivity contribution is 0.603. The molecule has 0 radical (unpaired) electrons. The lowest BCUT2D eigenvalue weighted by atomic mass is 10.1. The number of guanidine groups is 1. The zero-order valence-electron chi connectivity index (χ0n) is 14.6. The molecular weight excluding hydrogens is 376 g/mol. The molecule has 1 atom stereocenters. The molecule has 0 spiro atoms. The number of benzene rings is 2. The minimum absolute atomic E-state index is 0.491. The molecule has 2 aromatic rings. The maximum atomic E-state index is 6.04.